The lowest BCUT2D eigenvalue weighted by Gasteiger charge is -2.10. The Morgan fingerprint density at radius 1 is 1.33 bits per heavy atom. The Labute approximate surface area is 107 Å². The van der Waals surface area contributed by atoms with Crippen molar-refractivity contribution in [1.29, 1.82) is 0 Å². The normalized spacial score (nSPS) is 9.33. The Morgan fingerprint density at radius 3 is 2.72 bits per heavy atom. The molecule has 2 amide bonds. The highest BCUT2D eigenvalue weighted by Gasteiger charge is 2.11. The van der Waals surface area contributed by atoms with Crippen LogP contribution in [-0.2, 0) is 4.79 Å². The van der Waals surface area contributed by atoms with Crippen molar-refractivity contribution in [1.82, 2.24) is 5.32 Å². The zero-order valence-corrected chi connectivity index (χ0v) is 10.3. The van der Waals surface area contributed by atoms with Gasteiger partial charge in [-0.15, -0.1) is 6.42 Å². The molecule has 0 aliphatic carbocycles. The van der Waals surface area contributed by atoms with Gasteiger partial charge in [-0.05, 0) is 18.6 Å². The summed E-state index contributed by atoms with van der Waals surface area (Å²) < 4.78 is 0. The third-order valence-corrected chi connectivity index (χ3v) is 2.27. The smallest absolute Gasteiger partial charge is 0.254 e. The summed E-state index contributed by atoms with van der Waals surface area (Å²) in [7, 11) is 0. The monoisotopic (exact) mass is 244 g/mol. The average Bonchev–Trinajstić information content (AvgIpc) is 2.37. The molecular formula is C14H16N2O2. The number of hydrogen-bond acceptors (Lipinski definition) is 2. The summed E-state index contributed by atoms with van der Waals surface area (Å²) in [5.74, 6) is 1.94. The Kier molecular flexibility index (Phi) is 5.46. The summed E-state index contributed by atoms with van der Waals surface area (Å²) in [5.41, 5.74) is 0.919. The molecule has 4 nitrogen and oxygen atoms in total. The first-order chi connectivity index (χ1) is 8.69. The first-order valence-electron chi connectivity index (χ1n) is 5.79. The van der Waals surface area contributed by atoms with Gasteiger partial charge in [-0.3, -0.25) is 9.59 Å². The third-order valence-electron chi connectivity index (χ3n) is 2.27. The largest absolute Gasteiger partial charge is 0.341 e. The van der Waals surface area contributed by atoms with Crippen LogP contribution in [0.3, 0.4) is 0 Å². The van der Waals surface area contributed by atoms with Gasteiger partial charge in [-0.1, -0.05) is 25.0 Å². The van der Waals surface area contributed by atoms with E-state index in [1.54, 1.807) is 24.3 Å². The number of carbonyl (C=O) groups is 2. The number of hydrogen-bond donors (Lipinski definition) is 2. The minimum atomic E-state index is -0.291. The molecular weight excluding hydrogens is 228 g/mol. The molecule has 2 N–H and O–H groups in total. The highest BCUT2D eigenvalue weighted by molar-refractivity contribution is 6.03. The second-order valence-electron chi connectivity index (χ2n) is 3.73. The third kappa shape index (κ3) is 3.95. The number of nitrogens with one attached hydrogen (secondary N) is 2. The number of amides is 2. The maximum Gasteiger partial charge on any atom is 0.254 e. The van der Waals surface area contributed by atoms with E-state index in [2.05, 4.69) is 16.6 Å². The maximum absolute atomic E-state index is 11.8. The van der Waals surface area contributed by atoms with E-state index >= 15 is 0 Å². The first kappa shape index (κ1) is 13.8. The van der Waals surface area contributed by atoms with Crippen LogP contribution in [0.2, 0.25) is 0 Å². The first-order valence-corrected chi connectivity index (χ1v) is 5.79. The van der Waals surface area contributed by atoms with Crippen LogP contribution in [-0.4, -0.2) is 18.4 Å². The van der Waals surface area contributed by atoms with Crippen molar-refractivity contribution in [2.45, 2.75) is 19.8 Å². The highest BCUT2D eigenvalue weighted by Crippen LogP contribution is 2.15. The molecule has 4 heteroatoms. The van der Waals surface area contributed by atoms with Crippen LogP contribution < -0.4 is 10.6 Å². The van der Waals surface area contributed by atoms with Crippen LogP contribution in [0.1, 0.15) is 30.1 Å². The van der Waals surface area contributed by atoms with E-state index in [0.717, 1.165) is 6.42 Å². The molecule has 0 heterocycles. The zero-order chi connectivity index (χ0) is 13.4. The number of anilines is 1. The minimum Gasteiger partial charge on any atom is -0.341 e. The predicted octanol–water partition coefficient (Wildman–Crippen LogP) is 1.79. The second kappa shape index (κ2) is 7.13. The van der Waals surface area contributed by atoms with Crippen LogP contribution in [0.25, 0.3) is 0 Å². The van der Waals surface area contributed by atoms with Gasteiger partial charge in [0.15, 0.2) is 0 Å². The summed E-state index contributed by atoms with van der Waals surface area (Å²) in [6.07, 6.45) is 6.27. The van der Waals surface area contributed by atoms with Crippen molar-refractivity contribution in [2.24, 2.45) is 0 Å². The predicted molar refractivity (Wildman–Crippen MR) is 71.1 cm³/mol. The van der Waals surface area contributed by atoms with E-state index in [0.29, 0.717) is 17.7 Å². The average molecular weight is 244 g/mol. The quantitative estimate of drug-likeness (QED) is 0.776. The molecule has 1 aromatic rings. The molecule has 18 heavy (non-hydrogen) atoms. The number of carbonyl (C=O) groups excluding carboxylic acids is 2. The summed E-state index contributed by atoms with van der Waals surface area (Å²) in [6.45, 7) is 2.08. The standard InChI is InChI=1S/C14H16N2O2/c1-3-7-13(17)16-12-9-6-5-8-11(12)14(18)15-10-4-2/h2,5-6,8-9H,3,7,10H2,1H3,(H,15,18)(H,16,17). The van der Waals surface area contributed by atoms with Crippen LogP contribution in [0.5, 0.6) is 0 Å². The molecule has 0 aliphatic rings. The highest BCUT2D eigenvalue weighted by atomic mass is 16.2. The van der Waals surface area contributed by atoms with Crippen molar-refractivity contribution in [3.05, 3.63) is 29.8 Å². The Hall–Kier alpha value is -2.28. The number of rotatable bonds is 5. The van der Waals surface area contributed by atoms with Crippen LogP contribution >= 0.6 is 0 Å². The Balaban J connectivity index is 2.82. The lowest BCUT2D eigenvalue weighted by atomic mass is 10.1. The van der Waals surface area contributed by atoms with Gasteiger partial charge >= 0.3 is 0 Å². The molecule has 94 valence electrons. The molecule has 0 spiro atoms. The van der Waals surface area contributed by atoms with Crippen molar-refractivity contribution in [3.63, 3.8) is 0 Å². The maximum atomic E-state index is 11.8. The van der Waals surface area contributed by atoms with Gasteiger partial charge in [0.2, 0.25) is 5.91 Å². The summed E-state index contributed by atoms with van der Waals surface area (Å²) in [6, 6.07) is 6.84. The van der Waals surface area contributed by atoms with E-state index in [4.69, 9.17) is 6.42 Å². The Bertz CT molecular complexity index is 475. The summed E-state index contributed by atoms with van der Waals surface area (Å²) >= 11 is 0. The van der Waals surface area contributed by atoms with Gasteiger partial charge in [0.1, 0.15) is 0 Å². The van der Waals surface area contributed by atoms with E-state index in [1.165, 1.54) is 0 Å². The lowest BCUT2D eigenvalue weighted by molar-refractivity contribution is -0.116. The van der Waals surface area contributed by atoms with E-state index < -0.39 is 0 Å². The number of benzene rings is 1. The van der Waals surface area contributed by atoms with Gasteiger partial charge in [0.25, 0.3) is 5.91 Å². The fraction of sp³-hybridized carbons (Fsp3) is 0.286. The molecule has 0 atom stereocenters. The molecule has 0 fully saturated rings. The van der Waals surface area contributed by atoms with E-state index in [-0.39, 0.29) is 18.4 Å². The van der Waals surface area contributed by atoms with Crippen molar-refractivity contribution in [3.8, 4) is 12.3 Å². The number of para-hydroxylation sites is 1. The van der Waals surface area contributed by atoms with Gasteiger partial charge in [0.05, 0.1) is 17.8 Å². The zero-order valence-electron chi connectivity index (χ0n) is 10.3. The van der Waals surface area contributed by atoms with Crippen LogP contribution in [0, 0.1) is 12.3 Å². The van der Waals surface area contributed by atoms with E-state index in [9.17, 15) is 9.59 Å². The minimum absolute atomic E-state index is 0.102. The van der Waals surface area contributed by atoms with Gasteiger partial charge < -0.3 is 10.6 Å². The van der Waals surface area contributed by atoms with Gasteiger partial charge in [-0.25, -0.2) is 0 Å². The second-order valence-corrected chi connectivity index (χ2v) is 3.73. The number of terminal acetylenes is 1. The van der Waals surface area contributed by atoms with Crippen molar-refractivity contribution in [2.75, 3.05) is 11.9 Å². The molecule has 0 bridgehead atoms. The van der Waals surface area contributed by atoms with Gasteiger partial charge in [-0.2, -0.15) is 0 Å². The molecule has 1 rings (SSSR count). The van der Waals surface area contributed by atoms with Crippen molar-refractivity contribution >= 4 is 17.5 Å². The SMILES string of the molecule is C#CCNC(=O)c1ccccc1NC(=O)CCC. The summed E-state index contributed by atoms with van der Waals surface area (Å²) in [5, 5.41) is 5.29. The van der Waals surface area contributed by atoms with Crippen LogP contribution in [0.4, 0.5) is 5.69 Å². The fourth-order valence-electron chi connectivity index (χ4n) is 1.46. The van der Waals surface area contributed by atoms with Crippen molar-refractivity contribution < 1.29 is 9.59 Å². The molecule has 0 unspecified atom stereocenters. The van der Waals surface area contributed by atoms with Crippen LogP contribution in [0.15, 0.2) is 24.3 Å². The Morgan fingerprint density at radius 2 is 2.06 bits per heavy atom. The molecule has 0 radical (unpaired) electrons. The lowest BCUT2D eigenvalue weighted by Crippen LogP contribution is -2.25. The molecule has 0 saturated carbocycles. The molecule has 0 aromatic heterocycles. The molecule has 1 aromatic carbocycles. The molecule has 0 saturated heterocycles. The fourth-order valence-corrected chi connectivity index (χ4v) is 1.46. The molecule has 0 aliphatic heterocycles. The van der Waals surface area contributed by atoms with E-state index in [1.807, 2.05) is 6.92 Å². The topological polar surface area (TPSA) is 58.2 Å². The summed E-state index contributed by atoms with van der Waals surface area (Å²) in [4.78, 5) is 23.3. The van der Waals surface area contributed by atoms with Gasteiger partial charge in [0, 0.05) is 6.42 Å².